The van der Waals surface area contributed by atoms with E-state index in [1.54, 1.807) is 33.8 Å². The lowest BCUT2D eigenvalue weighted by atomic mass is 9.91. The number of carbonyl (C=O) groups excluding carboxylic acids is 5. The zero-order valence-electron chi connectivity index (χ0n) is 30.6. The van der Waals surface area contributed by atoms with E-state index in [2.05, 4.69) is 31.1 Å². The molecule has 4 amide bonds. The molecule has 0 saturated carbocycles. The second-order valence-corrected chi connectivity index (χ2v) is 15.1. The summed E-state index contributed by atoms with van der Waals surface area (Å²) in [7, 11) is 0. The summed E-state index contributed by atoms with van der Waals surface area (Å²) in [6.45, 7) is 8.93. The van der Waals surface area contributed by atoms with Gasteiger partial charge in [-0.05, 0) is 63.5 Å². The topological polar surface area (TPSA) is 237 Å². The second kappa shape index (κ2) is 18.7. The van der Waals surface area contributed by atoms with Crippen LogP contribution >= 0.6 is 11.6 Å². The van der Waals surface area contributed by atoms with Gasteiger partial charge >= 0.3 is 0 Å². The highest BCUT2D eigenvalue weighted by Gasteiger charge is 2.42. The summed E-state index contributed by atoms with van der Waals surface area (Å²) in [5.41, 5.74) is -2.01. The average molecular weight is 750 g/mol. The van der Waals surface area contributed by atoms with E-state index >= 15 is 0 Å². The first-order chi connectivity index (χ1) is 24.5. The number of halogens is 1. The summed E-state index contributed by atoms with van der Waals surface area (Å²) in [5.74, 6) is -3.84. The molecule has 1 aliphatic heterocycles. The zero-order valence-corrected chi connectivity index (χ0v) is 31.4. The molecule has 3 rings (SSSR count). The van der Waals surface area contributed by atoms with Gasteiger partial charge in [-0.1, -0.05) is 45.7 Å². The Bertz CT molecular complexity index is 1550. The molecule has 2 aromatic rings. The largest absolute Gasteiger partial charge is 0.417 e. The number of aromatic nitrogens is 3. The first-order valence-corrected chi connectivity index (χ1v) is 17.9. The van der Waals surface area contributed by atoms with Crippen molar-refractivity contribution in [3.05, 3.63) is 40.8 Å². The van der Waals surface area contributed by atoms with E-state index in [0.29, 0.717) is 43.7 Å². The van der Waals surface area contributed by atoms with Gasteiger partial charge in [-0.15, -0.1) is 10.2 Å². The molecule has 288 valence electrons. The lowest BCUT2D eigenvalue weighted by Crippen LogP contribution is -2.57. The number of likely N-dealkylation sites (tertiary alicyclic amines) is 1. The highest BCUT2D eigenvalue weighted by atomic mass is 35.5. The standard InChI is InChI=1S/C35H52ClN7O9/c1-20(2)26(28(48)31-41-42-33(52-31)35(17-44,18-45)19-46)39-30(50)24-10-9-15-43(24)32(51)27(21(3)4)38-25(47)11-7-8-13-34(5,6)40-29(49)23-16-22(36)12-14-37-23/h12,14,16,20-21,24,26-27,44-46H,7-11,13,15,17-19H2,1-6H3,(H,38,47)(H,39,50)(H,40,49)/t24-,26?,27?/m0/s1. The third-order valence-electron chi connectivity index (χ3n) is 9.19. The van der Waals surface area contributed by atoms with Crippen molar-refractivity contribution in [3.63, 3.8) is 0 Å². The monoisotopic (exact) mass is 749 g/mol. The number of carbonyl (C=O) groups is 5. The van der Waals surface area contributed by atoms with Gasteiger partial charge in [0, 0.05) is 29.7 Å². The molecular weight excluding hydrogens is 698 g/mol. The summed E-state index contributed by atoms with van der Waals surface area (Å²) in [5, 5.41) is 45.4. The zero-order chi connectivity index (χ0) is 38.8. The van der Waals surface area contributed by atoms with Crippen molar-refractivity contribution in [2.24, 2.45) is 11.8 Å². The number of Topliss-reactive ketones (excluding diaryl/α,β-unsaturated/α-hetero) is 1. The SMILES string of the molecule is CC(C)C(NC(=O)[C@@H]1CCCN1C(=O)C(NC(=O)CCCCC(C)(C)NC(=O)c1cc(Cl)ccn1)C(C)C)C(=O)c1nnc(C(CO)(CO)CO)o1. The maximum atomic E-state index is 13.8. The molecule has 2 unspecified atom stereocenters. The van der Waals surface area contributed by atoms with Gasteiger partial charge < -0.3 is 40.6 Å². The molecule has 16 nitrogen and oxygen atoms in total. The number of rotatable bonds is 19. The van der Waals surface area contributed by atoms with E-state index in [1.807, 2.05) is 13.8 Å². The smallest absolute Gasteiger partial charge is 0.286 e. The summed E-state index contributed by atoms with van der Waals surface area (Å²) in [6.07, 6.45) is 4.25. The third kappa shape index (κ3) is 10.8. The Balaban J connectivity index is 1.58. The minimum Gasteiger partial charge on any atom is -0.417 e. The van der Waals surface area contributed by atoms with Gasteiger partial charge in [0.2, 0.25) is 29.4 Å². The number of nitrogens with one attached hydrogen (secondary N) is 3. The fraction of sp³-hybridized carbons (Fsp3) is 0.657. The molecule has 1 fully saturated rings. The fourth-order valence-electron chi connectivity index (χ4n) is 5.86. The van der Waals surface area contributed by atoms with Gasteiger partial charge in [-0.25, -0.2) is 0 Å². The number of hydrogen-bond acceptors (Lipinski definition) is 12. The first kappa shape index (κ1) is 42.4. The Kier molecular flexibility index (Phi) is 15.2. The Morgan fingerprint density at radius 2 is 1.63 bits per heavy atom. The summed E-state index contributed by atoms with van der Waals surface area (Å²) < 4.78 is 5.43. The average Bonchev–Trinajstić information content (AvgIpc) is 3.80. The van der Waals surface area contributed by atoms with Crippen molar-refractivity contribution < 1.29 is 43.7 Å². The Hall–Kier alpha value is -3.99. The number of hydrogen-bond donors (Lipinski definition) is 6. The van der Waals surface area contributed by atoms with E-state index in [0.717, 1.165) is 0 Å². The van der Waals surface area contributed by atoms with Gasteiger partial charge in [0.15, 0.2) is 0 Å². The minimum absolute atomic E-state index is 0.159. The molecule has 0 aliphatic carbocycles. The normalized spacial score (nSPS) is 16.2. The summed E-state index contributed by atoms with van der Waals surface area (Å²) in [6, 6.07) is 0.189. The van der Waals surface area contributed by atoms with E-state index in [9.17, 15) is 39.3 Å². The van der Waals surface area contributed by atoms with Gasteiger partial charge in [0.1, 0.15) is 23.2 Å². The number of unbranched alkanes of at least 4 members (excludes halogenated alkanes) is 1. The number of nitrogens with zero attached hydrogens (tertiary/aromatic N) is 4. The summed E-state index contributed by atoms with van der Waals surface area (Å²) >= 11 is 5.97. The van der Waals surface area contributed by atoms with Crippen molar-refractivity contribution in [3.8, 4) is 0 Å². The molecule has 3 heterocycles. The van der Waals surface area contributed by atoms with E-state index in [-0.39, 0.29) is 35.7 Å². The molecule has 0 radical (unpaired) electrons. The van der Waals surface area contributed by atoms with Crippen LogP contribution in [0.2, 0.25) is 5.02 Å². The Labute approximate surface area is 308 Å². The minimum atomic E-state index is -1.65. The molecule has 52 heavy (non-hydrogen) atoms. The van der Waals surface area contributed by atoms with Crippen molar-refractivity contribution in [1.82, 2.24) is 36.0 Å². The third-order valence-corrected chi connectivity index (χ3v) is 9.43. The van der Waals surface area contributed by atoms with E-state index < -0.39 is 78.3 Å². The number of aliphatic hydroxyl groups is 3. The number of amides is 4. The highest BCUT2D eigenvalue weighted by Crippen LogP contribution is 2.24. The van der Waals surface area contributed by atoms with E-state index in [4.69, 9.17) is 16.0 Å². The van der Waals surface area contributed by atoms with Gasteiger partial charge in [0.05, 0.1) is 25.9 Å². The maximum Gasteiger partial charge on any atom is 0.286 e. The molecular formula is C35H52ClN7O9. The maximum absolute atomic E-state index is 13.8. The highest BCUT2D eigenvalue weighted by molar-refractivity contribution is 6.30. The molecule has 0 aromatic carbocycles. The predicted octanol–water partition coefficient (Wildman–Crippen LogP) is 1.56. The van der Waals surface area contributed by atoms with Crippen molar-refractivity contribution in [2.45, 2.75) is 109 Å². The van der Waals surface area contributed by atoms with Crippen LogP contribution in [0.25, 0.3) is 0 Å². The van der Waals surface area contributed by atoms with Crippen LogP contribution in [0.3, 0.4) is 0 Å². The Morgan fingerprint density at radius 1 is 0.981 bits per heavy atom. The quantitative estimate of drug-likeness (QED) is 0.0887. The molecule has 1 aliphatic rings. The molecule has 0 spiro atoms. The van der Waals surface area contributed by atoms with Crippen LogP contribution in [-0.2, 0) is 19.8 Å². The molecule has 17 heteroatoms. The van der Waals surface area contributed by atoms with Crippen LogP contribution in [0.15, 0.2) is 22.7 Å². The van der Waals surface area contributed by atoms with E-state index in [1.165, 1.54) is 17.2 Å². The summed E-state index contributed by atoms with van der Waals surface area (Å²) in [4.78, 5) is 71.9. The van der Waals surface area contributed by atoms with Gasteiger partial charge in [-0.2, -0.15) is 0 Å². The predicted molar refractivity (Wildman–Crippen MR) is 189 cm³/mol. The molecule has 2 aromatic heterocycles. The Morgan fingerprint density at radius 3 is 2.23 bits per heavy atom. The molecule has 6 N–H and O–H groups in total. The molecule has 0 bridgehead atoms. The number of aliphatic hydroxyl groups excluding tert-OH is 3. The van der Waals surface area contributed by atoms with Crippen LogP contribution in [0.1, 0.15) is 107 Å². The van der Waals surface area contributed by atoms with Crippen LogP contribution in [-0.4, -0.2) is 115 Å². The molecule has 1 saturated heterocycles. The van der Waals surface area contributed by atoms with Gasteiger partial charge in [0.25, 0.3) is 11.8 Å². The van der Waals surface area contributed by atoms with Crippen molar-refractivity contribution in [2.75, 3.05) is 26.4 Å². The first-order valence-electron chi connectivity index (χ1n) is 17.5. The van der Waals surface area contributed by atoms with Crippen LogP contribution in [0, 0.1) is 11.8 Å². The number of pyridine rings is 1. The molecule has 3 atom stereocenters. The van der Waals surface area contributed by atoms with Crippen LogP contribution in [0.5, 0.6) is 0 Å². The van der Waals surface area contributed by atoms with Crippen molar-refractivity contribution >= 4 is 41.0 Å². The number of ketones is 1. The van der Waals surface area contributed by atoms with Crippen molar-refractivity contribution in [1.29, 1.82) is 0 Å². The fourth-order valence-corrected chi connectivity index (χ4v) is 6.02. The second-order valence-electron chi connectivity index (χ2n) is 14.6. The lowest BCUT2D eigenvalue weighted by molar-refractivity contribution is -0.142. The lowest BCUT2D eigenvalue weighted by Gasteiger charge is -2.31. The van der Waals surface area contributed by atoms with Crippen LogP contribution < -0.4 is 16.0 Å². The van der Waals surface area contributed by atoms with Gasteiger partial charge in [-0.3, -0.25) is 29.0 Å². The van der Waals surface area contributed by atoms with Crippen LogP contribution in [0.4, 0.5) is 0 Å².